The van der Waals surface area contributed by atoms with Gasteiger partial charge < -0.3 is 0 Å². The van der Waals surface area contributed by atoms with Crippen LogP contribution in [0.4, 0.5) is 8.78 Å². The molecule has 0 aliphatic heterocycles. The van der Waals surface area contributed by atoms with Crippen molar-refractivity contribution in [2.24, 2.45) is 0 Å². The molecule has 0 saturated heterocycles. The van der Waals surface area contributed by atoms with Gasteiger partial charge in [-0.15, -0.1) is 0 Å². The molecule has 1 aromatic rings. The van der Waals surface area contributed by atoms with E-state index < -0.39 is 17.0 Å². The predicted molar refractivity (Wildman–Crippen MR) is 50.0 cm³/mol. The second kappa shape index (κ2) is 3.55. The van der Waals surface area contributed by atoms with Crippen molar-refractivity contribution >= 4 is 11.6 Å². The Balaban J connectivity index is 3.38. The van der Waals surface area contributed by atoms with Gasteiger partial charge in [0.2, 0.25) is 0 Å². The van der Waals surface area contributed by atoms with Gasteiger partial charge in [0.15, 0.2) is 0 Å². The summed E-state index contributed by atoms with van der Waals surface area (Å²) in [4.78, 5) is 0. The molecule has 0 amide bonds. The number of halogens is 3. The highest BCUT2D eigenvalue weighted by Crippen LogP contribution is 2.29. The summed E-state index contributed by atoms with van der Waals surface area (Å²) in [5.74, 6) is -1.57. The van der Waals surface area contributed by atoms with Crippen molar-refractivity contribution in [2.75, 3.05) is 0 Å². The molecule has 0 aliphatic carbocycles. The topological polar surface area (TPSA) is 23.8 Å². The summed E-state index contributed by atoms with van der Waals surface area (Å²) in [5.41, 5.74) is -0.909. The third-order valence-corrected chi connectivity index (χ3v) is 2.25. The first-order chi connectivity index (χ1) is 6.38. The standard InChI is InChI=1S/C10H8ClF2N/c1-10(2,5-14)6-3-7(11)9(13)4-8(6)12/h3-4H,1-2H3. The molecular formula is C10H8ClF2N. The summed E-state index contributed by atoms with van der Waals surface area (Å²) in [6, 6.07) is 3.76. The highest BCUT2D eigenvalue weighted by Gasteiger charge is 2.25. The molecule has 0 spiro atoms. The van der Waals surface area contributed by atoms with E-state index in [1.54, 1.807) is 13.8 Å². The Morgan fingerprint density at radius 2 is 1.86 bits per heavy atom. The smallest absolute Gasteiger partial charge is 0.144 e. The van der Waals surface area contributed by atoms with E-state index in [2.05, 4.69) is 0 Å². The molecule has 74 valence electrons. The molecule has 0 atom stereocenters. The normalized spacial score (nSPS) is 11.1. The van der Waals surface area contributed by atoms with E-state index in [0.717, 1.165) is 6.07 Å². The highest BCUT2D eigenvalue weighted by molar-refractivity contribution is 6.30. The Kier molecular flexibility index (Phi) is 2.77. The minimum Gasteiger partial charge on any atom is -0.207 e. The van der Waals surface area contributed by atoms with Gasteiger partial charge in [-0.05, 0) is 19.9 Å². The van der Waals surface area contributed by atoms with Gasteiger partial charge in [-0.3, -0.25) is 0 Å². The van der Waals surface area contributed by atoms with Gasteiger partial charge in [0, 0.05) is 11.6 Å². The lowest BCUT2D eigenvalue weighted by molar-refractivity contribution is 0.543. The lowest BCUT2D eigenvalue weighted by Gasteiger charge is -2.16. The zero-order valence-electron chi connectivity index (χ0n) is 7.74. The number of nitrogens with zero attached hydrogens (tertiary/aromatic N) is 1. The summed E-state index contributed by atoms with van der Waals surface area (Å²) in [6.45, 7) is 3.08. The molecule has 0 radical (unpaired) electrons. The quantitative estimate of drug-likeness (QED) is 0.659. The van der Waals surface area contributed by atoms with Gasteiger partial charge in [0.1, 0.15) is 11.6 Å². The molecule has 0 aliphatic rings. The van der Waals surface area contributed by atoms with Gasteiger partial charge in [0.05, 0.1) is 16.5 Å². The minimum atomic E-state index is -1.01. The van der Waals surface area contributed by atoms with E-state index in [-0.39, 0.29) is 10.6 Å². The summed E-state index contributed by atoms with van der Waals surface area (Å²) < 4.78 is 26.1. The third kappa shape index (κ3) is 1.85. The lowest BCUT2D eigenvalue weighted by Crippen LogP contribution is -2.16. The van der Waals surface area contributed by atoms with Crippen LogP contribution in [0.15, 0.2) is 12.1 Å². The van der Waals surface area contributed by atoms with Crippen molar-refractivity contribution in [3.05, 3.63) is 34.4 Å². The molecular weight excluding hydrogens is 208 g/mol. The van der Waals surface area contributed by atoms with Crippen LogP contribution < -0.4 is 0 Å². The zero-order valence-corrected chi connectivity index (χ0v) is 8.49. The van der Waals surface area contributed by atoms with E-state index in [4.69, 9.17) is 16.9 Å². The van der Waals surface area contributed by atoms with Gasteiger partial charge in [-0.1, -0.05) is 11.6 Å². The molecule has 4 heteroatoms. The van der Waals surface area contributed by atoms with Crippen molar-refractivity contribution < 1.29 is 8.78 Å². The van der Waals surface area contributed by atoms with Crippen molar-refractivity contribution in [3.8, 4) is 6.07 Å². The Labute approximate surface area is 85.9 Å². The Bertz CT molecular complexity index is 407. The number of nitriles is 1. The van der Waals surface area contributed by atoms with E-state index >= 15 is 0 Å². The molecule has 0 heterocycles. The first-order valence-electron chi connectivity index (χ1n) is 3.95. The Hall–Kier alpha value is -1.14. The second-order valence-corrected chi connectivity index (χ2v) is 3.89. The third-order valence-electron chi connectivity index (χ3n) is 1.96. The first kappa shape index (κ1) is 10.9. The number of benzene rings is 1. The van der Waals surface area contributed by atoms with Crippen LogP contribution in [-0.4, -0.2) is 0 Å². The van der Waals surface area contributed by atoms with Crippen LogP contribution in [0, 0.1) is 23.0 Å². The summed E-state index contributed by atoms with van der Waals surface area (Å²) >= 11 is 5.50. The van der Waals surface area contributed by atoms with Crippen LogP contribution in [0.1, 0.15) is 19.4 Å². The summed E-state index contributed by atoms with van der Waals surface area (Å²) in [5, 5.41) is 8.60. The number of rotatable bonds is 1. The van der Waals surface area contributed by atoms with Gasteiger partial charge in [-0.25, -0.2) is 8.78 Å². The van der Waals surface area contributed by atoms with E-state index in [0.29, 0.717) is 6.07 Å². The van der Waals surface area contributed by atoms with Crippen molar-refractivity contribution in [1.29, 1.82) is 5.26 Å². The molecule has 1 aromatic carbocycles. The van der Waals surface area contributed by atoms with Crippen LogP contribution in [0.25, 0.3) is 0 Å². The molecule has 14 heavy (non-hydrogen) atoms. The van der Waals surface area contributed by atoms with E-state index in [1.807, 2.05) is 6.07 Å². The molecule has 1 nitrogen and oxygen atoms in total. The fourth-order valence-corrected chi connectivity index (χ4v) is 1.23. The first-order valence-corrected chi connectivity index (χ1v) is 4.32. The van der Waals surface area contributed by atoms with Gasteiger partial charge in [-0.2, -0.15) is 5.26 Å². The summed E-state index contributed by atoms with van der Waals surface area (Å²) in [6.07, 6.45) is 0. The summed E-state index contributed by atoms with van der Waals surface area (Å²) in [7, 11) is 0. The SMILES string of the molecule is CC(C)(C#N)c1cc(Cl)c(F)cc1F. The monoisotopic (exact) mass is 215 g/mol. The van der Waals surface area contributed by atoms with Crippen molar-refractivity contribution in [2.45, 2.75) is 19.3 Å². The van der Waals surface area contributed by atoms with E-state index in [1.165, 1.54) is 0 Å². The Morgan fingerprint density at radius 3 is 2.36 bits per heavy atom. The average Bonchev–Trinajstić information content (AvgIpc) is 2.11. The lowest BCUT2D eigenvalue weighted by atomic mass is 9.86. The van der Waals surface area contributed by atoms with Gasteiger partial charge >= 0.3 is 0 Å². The molecule has 0 fully saturated rings. The minimum absolute atomic E-state index is 0.103. The molecule has 0 aromatic heterocycles. The second-order valence-electron chi connectivity index (χ2n) is 3.48. The van der Waals surface area contributed by atoms with Crippen molar-refractivity contribution in [3.63, 3.8) is 0 Å². The van der Waals surface area contributed by atoms with Gasteiger partial charge in [0.25, 0.3) is 0 Å². The zero-order chi connectivity index (χ0) is 10.9. The maximum atomic E-state index is 13.3. The average molecular weight is 216 g/mol. The molecule has 1 rings (SSSR count). The van der Waals surface area contributed by atoms with Crippen LogP contribution in [0.2, 0.25) is 5.02 Å². The number of hydrogen-bond acceptors (Lipinski definition) is 1. The van der Waals surface area contributed by atoms with E-state index in [9.17, 15) is 8.78 Å². The van der Waals surface area contributed by atoms with Crippen LogP contribution >= 0.6 is 11.6 Å². The fourth-order valence-electron chi connectivity index (χ4n) is 1.06. The predicted octanol–water partition coefficient (Wildman–Crippen LogP) is 3.42. The molecule has 0 unspecified atom stereocenters. The number of hydrogen-bond donors (Lipinski definition) is 0. The maximum Gasteiger partial charge on any atom is 0.144 e. The highest BCUT2D eigenvalue weighted by atomic mass is 35.5. The van der Waals surface area contributed by atoms with Crippen LogP contribution in [0.3, 0.4) is 0 Å². The van der Waals surface area contributed by atoms with Crippen LogP contribution in [0.5, 0.6) is 0 Å². The molecule has 0 bridgehead atoms. The van der Waals surface area contributed by atoms with Crippen LogP contribution in [-0.2, 0) is 5.41 Å². The largest absolute Gasteiger partial charge is 0.207 e. The maximum absolute atomic E-state index is 13.3. The fraction of sp³-hybridized carbons (Fsp3) is 0.300. The van der Waals surface area contributed by atoms with Crippen molar-refractivity contribution in [1.82, 2.24) is 0 Å². The molecule has 0 saturated carbocycles. The Morgan fingerprint density at radius 1 is 1.29 bits per heavy atom. The molecule has 0 N–H and O–H groups in total.